The zero-order valence-corrected chi connectivity index (χ0v) is 11.0. The number of hydrogen-bond acceptors (Lipinski definition) is 4. The van der Waals surface area contributed by atoms with Crippen molar-refractivity contribution in [1.29, 1.82) is 0 Å². The van der Waals surface area contributed by atoms with Crippen LogP contribution in [-0.2, 0) is 0 Å². The van der Waals surface area contributed by atoms with Crippen LogP contribution in [0.4, 0.5) is 4.39 Å². The second kappa shape index (κ2) is 5.22. The fraction of sp³-hybridized carbons (Fsp3) is 0.286. The summed E-state index contributed by atoms with van der Waals surface area (Å²) in [5.41, 5.74) is 1.36. The van der Waals surface area contributed by atoms with Crippen LogP contribution in [0.15, 0.2) is 24.4 Å². The number of halogens is 1. The largest absolute Gasteiger partial charge is 0.508 e. The van der Waals surface area contributed by atoms with Crippen LogP contribution < -0.4 is 4.74 Å². The first kappa shape index (κ1) is 13.3. The number of rotatable bonds is 3. The van der Waals surface area contributed by atoms with Gasteiger partial charge in [0.1, 0.15) is 11.6 Å². The van der Waals surface area contributed by atoms with Gasteiger partial charge in [0.05, 0.1) is 13.3 Å². The Morgan fingerprint density at radius 1 is 1.26 bits per heavy atom. The highest BCUT2D eigenvalue weighted by atomic mass is 19.1. The van der Waals surface area contributed by atoms with E-state index in [0.29, 0.717) is 17.0 Å². The smallest absolute Gasteiger partial charge is 0.233 e. The number of methoxy groups -OCH3 is 1. The van der Waals surface area contributed by atoms with Crippen LogP contribution in [0.25, 0.3) is 11.1 Å². The number of hydrogen-bond donors (Lipinski definition) is 1. The number of aromatic hydroxyl groups is 1. The monoisotopic (exact) mass is 262 g/mol. The number of phenolic OH excluding ortho intramolecular Hbond substituents is 1. The van der Waals surface area contributed by atoms with Crippen molar-refractivity contribution in [3.8, 4) is 22.8 Å². The second-order valence-electron chi connectivity index (χ2n) is 4.53. The Hall–Kier alpha value is -2.17. The van der Waals surface area contributed by atoms with Crippen molar-refractivity contribution in [2.24, 2.45) is 0 Å². The van der Waals surface area contributed by atoms with E-state index in [0.717, 1.165) is 0 Å². The molecule has 0 radical (unpaired) electrons. The van der Waals surface area contributed by atoms with E-state index in [1.165, 1.54) is 25.4 Å². The SMILES string of the molecule is COc1cc(-c2cc(O)c(C(C)C)cc2F)cnn1. The van der Waals surface area contributed by atoms with Gasteiger partial charge in [-0.3, -0.25) is 0 Å². The van der Waals surface area contributed by atoms with E-state index in [4.69, 9.17) is 4.74 Å². The van der Waals surface area contributed by atoms with Crippen molar-refractivity contribution in [2.45, 2.75) is 19.8 Å². The summed E-state index contributed by atoms with van der Waals surface area (Å²) < 4.78 is 19.1. The lowest BCUT2D eigenvalue weighted by atomic mass is 9.97. The molecule has 4 nitrogen and oxygen atoms in total. The molecule has 1 N–H and O–H groups in total. The molecule has 2 aromatic rings. The third kappa shape index (κ3) is 2.65. The normalized spacial score (nSPS) is 10.8. The molecule has 2 rings (SSSR count). The van der Waals surface area contributed by atoms with Gasteiger partial charge in [-0.25, -0.2) is 4.39 Å². The maximum Gasteiger partial charge on any atom is 0.233 e. The third-order valence-corrected chi connectivity index (χ3v) is 2.89. The van der Waals surface area contributed by atoms with Crippen LogP contribution in [-0.4, -0.2) is 22.4 Å². The van der Waals surface area contributed by atoms with E-state index in [1.54, 1.807) is 6.07 Å². The zero-order valence-electron chi connectivity index (χ0n) is 11.0. The Morgan fingerprint density at radius 3 is 2.63 bits per heavy atom. The molecule has 5 heteroatoms. The number of phenols is 1. The van der Waals surface area contributed by atoms with Gasteiger partial charge in [0.25, 0.3) is 0 Å². The van der Waals surface area contributed by atoms with Crippen molar-refractivity contribution < 1.29 is 14.2 Å². The molecule has 0 atom stereocenters. The summed E-state index contributed by atoms with van der Waals surface area (Å²) in [7, 11) is 1.46. The minimum atomic E-state index is -0.406. The number of aromatic nitrogens is 2. The molecule has 1 aromatic heterocycles. The molecule has 0 fully saturated rings. The van der Waals surface area contributed by atoms with Gasteiger partial charge in [0.2, 0.25) is 5.88 Å². The van der Waals surface area contributed by atoms with Gasteiger partial charge in [-0.2, -0.15) is 5.10 Å². The van der Waals surface area contributed by atoms with E-state index in [2.05, 4.69) is 10.2 Å². The molecule has 1 aromatic carbocycles. The third-order valence-electron chi connectivity index (χ3n) is 2.89. The molecule has 1 heterocycles. The van der Waals surface area contributed by atoms with Crippen molar-refractivity contribution in [3.05, 3.63) is 35.8 Å². The second-order valence-corrected chi connectivity index (χ2v) is 4.53. The molecule has 0 aliphatic rings. The van der Waals surface area contributed by atoms with Crippen LogP contribution in [0.5, 0.6) is 11.6 Å². The average molecular weight is 262 g/mol. The Kier molecular flexibility index (Phi) is 3.64. The van der Waals surface area contributed by atoms with Crippen molar-refractivity contribution >= 4 is 0 Å². The predicted octanol–water partition coefficient (Wildman–Crippen LogP) is 3.12. The van der Waals surface area contributed by atoms with Gasteiger partial charge in [0, 0.05) is 17.2 Å². The summed E-state index contributed by atoms with van der Waals surface area (Å²) in [6, 6.07) is 4.32. The summed E-state index contributed by atoms with van der Waals surface area (Å²) >= 11 is 0. The molecule has 0 saturated carbocycles. The van der Waals surface area contributed by atoms with Crippen molar-refractivity contribution in [2.75, 3.05) is 7.11 Å². The quantitative estimate of drug-likeness (QED) is 0.923. The molecule has 100 valence electrons. The van der Waals surface area contributed by atoms with Crippen LogP contribution in [0.3, 0.4) is 0 Å². The minimum Gasteiger partial charge on any atom is -0.508 e. The molecule has 0 bridgehead atoms. The van der Waals surface area contributed by atoms with Crippen LogP contribution in [0, 0.1) is 5.82 Å². The molecular weight excluding hydrogens is 247 g/mol. The van der Waals surface area contributed by atoms with Crippen molar-refractivity contribution in [1.82, 2.24) is 10.2 Å². The first-order valence-corrected chi connectivity index (χ1v) is 5.92. The van der Waals surface area contributed by atoms with Crippen LogP contribution in [0.2, 0.25) is 0 Å². The molecule has 19 heavy (non-hydrogen) atoms. The molecule has 0 aliphatic heterocycles. The zero-order chi connectivity index (χ0) is 14.0. The molecule has 0 unspecified atom stereocenters. The van der Waals surface area contributed by atoms with Gasteiger partial charge < -0.3 is 9.84 Å². The molecule has 0 aliphatic carbocycles. The molecular formula is C14H15FN2O2. The maximum absolute atomic E-state index is 14.1. The molecule has 0 amide bonds. The standard InChI is InChI=1S/C14H15FN2O2/c1-8(2)10-5-12(15)11(6-13(10)18)9-4-14(19-3)17-16-7-9/h4-8,18H,1-3H3. The Balaban J connectivity index is 2.53. The molecule has 0 spiro atoms. The molecule has 0 saturated heterocycles. The lowest BCUT2D eigenvalue weighted by Crippen LogP contribution is -1.95. The Labute approximate surface area is 110 Å². The Bertz CT molecular complexity index is 600. The highest BCUT2D eigenvalue weighted by molar-refractivity contribution is 5.66. The minimum absolute atomic E-state index is 0.0497. The van der Waals surface area contributed by atoms with Gasteiger partial charge >= 0.3 is 0 Å². The van der Waals surface area contributed by atoms with E-state index in [9.17, 15) is 9.50 Å². The summed E-state index contributed by atoms with van der Waals surface area (Å²) in [5, 5.41) is 17.4. The van der Waals surface area contributed by atoms with Crippen LogP contribution >= 0.6 is 0 Å². The summed E-state index contributed by atoms with van der Waals surface area (Å²) in [4.78, 5) is 0. The number of benzene rings is 1. The van der Waals surface area contributed by atoms with Crippen LogP contribution in [0.1, 0.15) is 25.3 Å². The lowest BCUT2D eigenvalue weighted by Gasteiger charge is -2.11. The van der Waals surface area contributed by atoms with Gasteiger partial charge in [-0.15, -0.1) is 5.10 Å². The summed E-state index contributed by atoms with van der Waals surface area (Å²) in [5.74, 6) is 0.0108. The highest BCUT2D eigenvalue weighted by Gasteiger charge is 2.14. The van der Waals surface area contributed by atoms with E-state index < -0.39 is 5.82 Å². The first-order valence-electron chi connectivity index (χ1n) is 5.92. The number of ether oxygens (including phenoxy) is 1. The fourth-order valence-corrected chi connectivity index (χ4v) is 1.86. The summed E-state index contributed by atoms with van der Waals surface area (Å²) in [6.45, 7) is 3.79. The Morgan fingerprint density at radius 2 is 2.00 bits per heavy atom. The van der Waals surface area contributed by atoms with E-state index >= 15 is 0 Å². The fourth-order valence-electron chi connectivity index (χ4n) is 1.86. The highest BCUT2D eigenvalue weighted by Crippen LogP contribution is 2.33. The maximum atomic E-state index is 14.1. The predicted molar refractivity (Wildman–Crippen MR) is 69.7 cm³/mol. The topological polar surface area (TPSA) is 55.2 Å². The van der Waals surface area contributed by atoms with E-state index in [1.807, 2.05) is 13.8 Å². The van der Waals surface area contributed by atoms with E-state index in [-0.39, 0.29) is 17.2 Å². The summed E-state index contributed by atoms with van der Waals surface area (Å²) in [6.07, 6.45) is 1.43. The van der Waals surface area contributed by atoms with Gasteiger partial charge in [-0.05, 0) is 23.6 Å². The van der Waals surface area contributed by atoms with Crippen molar-refractivity contribution in [3.63, 3.8) is 0 Å². The lowest BCUT2D eigenvalue weighted by molar-refractivity contribution is 0.392. The van der Waals surface area contributed by atoms with Gasteiger partial charge in [-0.1, -0.05) is 13.8 Å². The average Bonchev–Trinajstić information content (AvgIpc) is 2.40. The van der Waals surface area contributed by atoms with Gasteiger partial charge in [0.15, 0.2) is 0 Å². The first-order chi connectivity index (χ1) is 9.02. The number of nitrogens with zero attached hydrogens (tertiary/aromatic N) is 2.